The van der Waals surface area contributed by atoms with Gasteiger partial charge in [-0.3, -0.25) is 0 Å². The van der Waals surface area contributed by atoms with E-state index in [9.17, 15) is 0 Å². The van der Waals surface area contributed by atoms with E-state index < -0.39 is 0 Å². The summed E-state index contributed by atoms with van der Waals surface area (Å²) in [6.07, 6.45) is 1.11. The minimum atomic E-state index is 0.371. The van der Waals surface area contributed by atoms with Crippen molar-refractivity contribution in [2.45, 2.75) is 25.4 Å². The van der Waals surface area contributed by atoms with Crippen LogP contribution in [0.3, 0.4) is 0 Å². The molecule has 0 bridgehead atoms. The van der Waals surface area contributed by atoms with E-state index in [1.54, 1.807) is 0 Å². The van der Waals surface area contributed by atoms with Gasteiger partial charge in [0.2, 0.25) is 0 Å². The molecule has 2 unspecified atom stereocenters. The maximum absolute atomic E-state index is 9.03. The van der Waals surface area contributed by atoms with E-state index >= 15 is 0 Å². The Morgan fingerprint density at radius 1 is 1.47 bits per heavy atom. The predicted molar refractivity (Wildman–Crippen MR) is 78.1 cm³/mol. The minimum Gasteiger partial charge on any atom is -0.367 e. The van der Waals surface area contributed by atoms with Crippen LogP contribution in [0, 0.1) is 11.3 Å². The van der Waals surface area contributed by atoms with E-state index in [0.717, 1.165) is 25.2 Å². The summed E-state index contributed by atoms with van der Waals surface area (Å²) in [4.78, 5) is 4.71. The molecule has 102 valence electrons. The second-order valence-electron chi connectivity index (χ2n) is 5.32. The fraction of sp³-hybridized carbons (Fsp3) is 0.533. The molecule has 1 saturated heterocycles. The standard InChI is InChI=1S/C15H22N4/c1-12-6-7-18(2)15(10-17)11-19(12)14-5-3-4-13(8-14)9-16/h3-5,8,12,15H,6-7,10-11,17H2,1-2H3. The first kappa shape index (κ1) is 13.9. The first-order valence-corrected chi connectivity index (χ1v) is 6.82. The van der Waals surface area contributed by atoms with Crippen LogP contribution in [-0.4, -0.2) is 43.7 Å². The van der Waals surface area contributed by atoms with Gasteiger partial charge in [0.25, 0.3) is 0 Å². The summed E-state index contributed by atoms with van der Waals surface area (Å²) >= 11 is 0. The molecule has 2 atom stereocenters. The number of rotatable bonds is 2. The van der Waals surface area contributed by atoms with Gasteiger partial charge in [0.05, 0.1) is 11.6 Å². The Bertz CT molecular complexity index is 465. The highest BCUT2D eigenvalue weighted by molar-refractivity contribution is 5.52. The first-order valence-electron chi connectivity index (χ1n) is 6.82. The Morgan fingerprint density at radius 2 is 2.26 bits per heavy atom. The summed E-state index contributed by atoms with van der Waals surface area (Å²) < 4.78 is 0. The molecule has 4 nitrogen and oxygen atoms in total. The zero-order valence-corrected chi connectivity index (χ0v) is 11.7. The zero-order valence-electron chi connectivity index (χ0n) is 11.7. The van der Waals surface area contributed by atoms with Crippen molar-refractivity contribution < 1.29 is 0 Å². The molecule has 0 radical (unpaired) electrons. The number of hydrogen-bond acceptors (Lipinski definition) is 4. The number of anilines is 1. The summed E-state index contributed by atoms with van der Waals surface area (Å²) in [5.74, 6) is 0. The molecule has 1 aliphatic heterocycles. The third-order valence-corrected chi connectivity index (χ3v) is 4.04. The number of nitriles is 1. The summed E-state index contributed by atoms with van der Waals surface area (Å²) in [5.41, 5.74) is 7.72. The van der Waals surface area contributed by atoms with Gasteiger partial charge >= 0.3 is 0 Å². The topological polar surface area (TPSA) is 56.3 Å². The number of nitrogens with two attached hydrogens (primary N) is 1. The van der Waals surface area contributed by atoms with Crippen molar-refractivity contribution in [1.82, 2.24) is 4.90 Å². The van der Waals surface area contributed by atoms with Crippen molar-refractivity contribution in [2.75, 3.05) is 31.6 Å². The van der Waals surface area contributed by atoms with Gasteiger partial charge in [-0.1, -0.05) is 6.07 Å². The van der Waals surface area contributed by atoms with E-state index in [1.807, 2.05) is 18.2 Å². The number of likely N-dealkylation sites (N-methyl/N-ethyl adjacent to an activating group) is 1. The summed E-state index contributed by atoms with van der Waals surface area (Å²) in [6, 6.07) is 10.9. The quantitative estimate of drug-likeness (QED) is 0.871. The lowest BCUT2D eigenvalue weighted by Crippen LogP contribution is -2.45. The van der Waals surface area contributed by atoms with Crippen molar-refractivity contribution in [1.29, 1.82) is 5.26 Å². The molecule has 2 N–H and O–H groups in total. The Balaban J connectivity index is 2.27. The van der Waals surface area contributed by atoms with Crippen LogP contribution >= 0.6 is 0 Å². The average Bonchev–Trinajstić information content (AvgIpc) is 2.59. The molecule has 2 rings (SSSR count). The second-order valence-corrected chi connectivity index (χ2v) is 5.32. The lowest BCUT2D eigenvalue weighted by molar-refractivity contribution is 0.265. The molecule has 0 saturated carbocycles. The molecule has 1 heterocycles. The monoisotopic (exact) mass is 258 g/mol. The number of benzene rings is 1. The largest absolute Gasteiger partial charge is 0.367 e. The summed E-state index contributed by atoms with van der Waals surface area (Å²) in [5, 5.41) is 9.03. The van der Waals surface area contributed by atoms with E-state index in [2.05, 4.69) is 35.9 Å². The first-order chi connectivity index (χ1) is 9.15. The minimum absolute atomic E-state index is 0.371. The highest BCUT2D eigenvalue weighted by Crippen LogP contribution is 2.23. The Labute approximate surface area is 115 Å². The van der Waals surface area contributed by atoms with Crippen LogP contribution in [0.1, 0.15) is 18.9 Å². The third kappa shape index (κ3) is 3.06. The molecular formula is C15H22N4. The average molecular weight is 258 g/mol. The molecule has 0 spiro atoms. The molecule has 0 amide bonds. The van der Waals surface area contributed by atoms with E-state index in [4.69, 9.17) is 11.0 Å². The Morgan fingerprint density at radius 3 is 2.95 bits per heavy atom. The van der Waals surface area contributed by atoms with Gasteiger partial charge in [0.15, 0.2) is 0 Å². The third-order valence-electron chi connectivity index (χ3n) is 4.04. The van der Waals surface area contributed by atoms with Gasteiger partial charge in [-0.25, -0.2) is 0 Å². The summed E-state index contributed by atoms with van der Waals surface area (Å²) in [6.45, 7) is 4.89. The van der Waals surface area contributed by atoms with E-state index in [1.165, 1.54) is 0 Å². The maximum atomic E-state index is 9.03. The van der Waals surface area contributed by atoms with Gasteiger partial charge in [-0.05, 0) is 38.6 Å². The highest BCUT2D eigenvalue weighted by atomic mass is 15.3. The molecule has 1 aromatic carbocycles. The fourth-order valence-corrected chi connectivity index (χ4v) is 2.64. The van der Waals surface area contributed by atoms with Gasteiger partial charge in [-0.2, -0.15) is 5.26 Å². The molecule has 4 heteroatoms. The van der Waals surface area contributed by atoms with Crippen molar-refractivity contribution in [3.63, 3.8) is 0 Å². The van der Waals surface area contributed by atoms with Crippen molar-refractivity contribution in [3.8, 4) is 6.07 Å². The van der Waals surface area contributed by atoms with Gasteiger partial charge in [0.1, 0.15) is 0 Å². The van der Waals surface area contributed by atoms with Gasteiger partial charge in [-0.15, -0.1) is 0 Å². The second kappa shape index (κ2) is 6.05. The SMILES string of the molecule is CC1CCN(C)C(CN)CN1c1cccc(C#N)c1. The van der Waals surface area contributed by atoms with E-state index in [-0.39, 0.29) is 0 Å². The Kier molecular flexibility index (Phi) is 4.41. The number of hydrogen-bond donors (Lipinski definition) is 1. The van der Waals surface area contributed by atoms with Crippen molar-refractivity contribution in [3.05, 3.63) is 29.8 Å². The van der Waals surface area contributed by atoms with Crippen LogP contribution < -0.4 is 10.6 Å². The van der Waals surface area contributed by atoms with Crippen LogP contribution in [0.5, 0.6) is 0 Å². The number of nitrogens with zero attached hydrogens (tertiary/aromatic N) is 3. The van der Waals surface area contributed by atoms with Crippen LogP contribution in [0.2, 0.25) is 0 Å². The van der Waals surface area contributed by atoms with Crippen LogP contribution in [0.4, 0.5) is 5.69 Å². The van der Waals surface area contributed by atoms with Crippen LogP contribution in [0.25, 0.3) is 0 Å². The Hall–Kier alpha value is -1.57. The molecular weight excluding hydrogens is 236 g/mol. The lowest BCUT2D eigenvalue weighted by Gasteiger charge is -2.32. The van der Waals surface area contributed by atoms with Crippen LogP contribution in [-0.2, 0) is 0 Å². The molecule has 19 heavy (non-hydrogen) atoms. The molecule has 1 fully saturated rings. The van der Waals surface area contributed by atoms with Crippen molar-refractivity contribution >= 4 is 5.69 Å². The zero-order chi connectivity index (χ0) is 13.8. The molecule has 1 aliphatic rings. The smallest absolute Gasteiger partial charge is 0.0992 e. The predicted octanol–water partition coefficient (Wildman–Crippen LogP) is 1.42. The highest BCUT2D eigenvalue weighted by Gasteiger charge is 2.25. The van der Waals surface area contributed by atoms with Gasteiger partial charge in [0, 0.05) is 37.4 Å². The lowest BCUT2D eigenvalue weighted by atomic mass is 10.1. The molecule has 1 aromatic rings. The molecule has 0 aliphatic carbocycles. The maximum Gasteiger partial charge on any atom is 0.0992 e. The van der Waals surface area contributed by atoms with Crippen LogP contribution in [0.15, 0.2) is 24.3 Å². The summed E-state index contributed by atoms with van der Waals surface area (Å²) in [7, 11) is 2.14. The fourth-order valence-electron chi connectivity index (χ4n) is 2.64. The van der Waals surface area contributed by atoms with E-state index in [0.29, 0.717) is 24.2 Å². The van der Waals surface area contributed by atoms with Gasteiger partial charge < -0.3 is 15.5 Å². The normalized spacial score (nSPS) is 24.8. The van der Waals surface area contributed by atoms with Crippen molar-refractivity contribution in [2.24, 2.45) is 5.73 Å². The molecule has 0 aromatic heterocycles.